The molecule has 4 N–H and O–H groups in total. The Balaban J connectivity index is 1.84. The first-order valence-electron chi connectivity index (χ1n) is 8.77. The van der Waals surface area contributed by atoms with Crippen molar-refractivity contribution in [2.24, 2.45) is 57.8 Å². The quantitative estimate of drug-likeness (QED) is 0.612. The van der Waals surface area contributed by atoms with E-state index in [4.69, 9.17) is 11.5 Å². The van der Waals surface area contributed by atoms with Gasteiger partial charge in [0.25, 0.3) is 0 Å². The van der Waals surface area contributed by atoms with Crippen LogP contribution in [0.25, 0.3) is 0 Å². The zero-order chi connectivity index (χ0) is 14.1. The van der Waals surface area contributed by atoms with Crippen LogP contribution in [0.1, 0.15) is 39.5 Å². The maximum atomic E-state index is 6.40. The van der Waals surface area contributed by atoms with Gasteiger partial charge in [-0.2, -0.15) is 0 Å². The average Bonchev–Trinajstić information content (AvgIpc) is 3.21. The largest absolute Gasteiger partial charge is 0.330 e. The van der Waals surface area contributed by atoms with Gasteiger partial charge in [-0.25, -0.2) is 0 Å². The first-order valence-corrected chi connectivity index (χ1v) is 8.77. The third kappa shape index (κ3) is 1.14. The molecule has 4 rings (SSSR count). The Labute approximate surface area is 123 Å². The molecule has 0 aromatic rings. The first kappa shape index (κ1) is 13.3. The van der Waals surface area contributed by atoms with Gasteiger partial charge in [-0.3, -0.25) is 0 Å². The summed E-state index contributed by atoms with van der Waals surface area (Å²) in [6, 6.07) is 0. The van der Waals surface area contributed by atoms with Gasteiger partial charge in [0, 0.05) is 0 Å². The molecule has 4 aliphatic rings. The lowest BCUT2D eigenvalue weighted by Gasteiger charge is -2.57. The molecule has 0 heterocycles. The zero-order valence-electron chi connectivity index (χ0n) is 13.0. The molecule has 0 radical (unpaired) electrons. The molecule has 8 atom stereocenters. The molecule has 2 heteroatoms. The molecule has 0 aromatic heterocycles. The Morgan fingerprint density at radius 3 is 1.65 bits per heavy atom. The van der Waals surface area contributed by atoms with Crippen LogP contribution < -0.4 is 11.5 Å². The molecule has 0 aromatic carbocycles. The molecule has 2 nitrogen and oxygen atoms in total. The third-order valence-corrected chi connectivity index (χ3v) is 8.42. The van der Waals surface area contributed by atoms with Gasteiger partial charge in [0.1, 0.15) is 0 Å². The number of rotatable bonds is 4. The summed E-state index contributed by atoms with van der Waals surface area (Å²) in [6.45, 7) is 6.43. The van der Waals surface area contributed by atoms with E-state index in [0.29, 0.717) is 10.8 Å². The smallest absolute Gasteiger partial charge is 0.00120 e. The van der Waals surface area contributed by atoms with Crippen LogP contribution in [0.3, 0.4) is 0 Å². The lowest BCUT2D eigenvalue weighted by Crippen LogP contribution is -2.59. The van der Waals surface area contributed by atoms with Crippen LogP contribution in [0.4, 0.5) is 0 Å². The molecule has 112 valence electrons. The Morgan fingerprint density at radius 1 is 0.850 bits per heavy atom. The maximum absolute atomic E-state index is 6.40. The number of hydrogen-bond acceptors (Lipinski definition) is 2. The van der Waals surface area contributed by atoms with Crippen LogP contribution in [0.2, 0.25) is 0 Å². The molecule has 4 aliphatic carbocycles. The monoisotopic (exact) mass is 274 g/mol. The second-order valence-electron chi connectivity index (χ2n) is 7.98. The number of hydrogen-bond donors (Lipinski definition) is 2. The highest BCUT2D eigenvalue weighted by molar-refractivity contribution is 5.27. The SMILES string of the molecule is CCC1(CN)C2CC(C3C4C=CC(C4)C32)C1(CC)CN. The second kappa shape index (κ2) is 4.10. The molecule has 0 saturated heterocycles. The zero-order valence-corrected chi connectivity index (χ0v) is 13.0. The highest BCUT2D eigenvalue weighted by Gasteiger charge is 2.73. The number of fused-ring (bicyclic) bond motifs is 9. The van der Waals surface area contributed by atoms with Crippen molar-refractivity contribution in [3.05, 3.63) is 12.2 Å². The fourth-order valence-corrected chi connectivity index (χ4v) is 7.77. The summed E-state index contributed by atoms with van der Waals surface area (Å²) in [5.41, 5.74) is 13.4. The molecule has 20 heavy (non-hydrogen) atoms. The topological polar surface area (TPSA) is 52.0 Å². The van der Waals surface area contributed by atoms with Crippen LogP contribution in [-0.4, -0.2) is 13.1 Å². The minimum absolute atomic E-state index is 0.320. The number of nitrogens with two attached hydrogens (primary N) is 2. The Morgan fingerprint density at radius 2 is 1.30 bits per heavy atom. The van der Waals surface area contributed by atoms with Crippen molar-refractivity contribution in [2.75, 3.05) is 13.1 Å². The third-order valence-electron chi connectivity index (χ3n) is 8.42. The first-order chi connectivity index (χ1) is 9.69. The van der Waals surface area contributed by atoms with Gasteiger partial charge in [0.2, 0.25) is 0 Å². The predicted octanol–water partition coefficient (Wildman–Crippen LogP) is 2.78. The van der Waals surface area contributed by atoms with Crippen molar-refractivity contribution in [1.82, 2.24) is 0 Å². The second-order valence-corrected chi connectivity index (χ2v) is 7.98. The van der Waals surface area contributed by atoms with E-state index >= 15 is 0 Å². The van der Waals surface area contributed by atoms with Crippen molar-refractivity contribution in [3.8, 4) is 0 Å². The van der Waals surface area contributed by atoms with Crippen LogP contribution in [0, 0.1) is 46.3 Å². The molecule has 8 unspecified atom stereocenters. The summed E-state index contributed by atoms with van der Waals surface area (Å²) >= 11 is 0. The summed E-state index contributed by atoms with van der Waals surface area (Å²) in [7, 11) is 0. The number of allylic oxidation sites excluding steroid dienone is 2. The Hall–Kier alpha value is -0.340. The minimum Gasteiger partial charge on any atom is -0.330 e. The van der Waals surface area contributed by atoms with Crippen LogP contribution in [0.5, 0.6) is 0 Å². The van der Waals surface area contributed by atoms with E-state index in [-0.39, 0.29) is 0 Å². The summed E-state index contributed by atoms with van der Waals surface area (Å²) < 4.78 is 0. The van der Waals surface area contributed by atoms with Gasteiger partial charge >= 0.3 is 0 Å². The van der Waals surface area contributed by atoms with E-state index < -0.39 is 0 Å². The summed E-state index contributed by atoms with van der Waals surface area (Å²) in [5, 5.41) is 0. The van der Waals surface area contributed by atoms with Gasteiger partial charge in [-0.05, 0) is 85.1 Å². The normalized spacial score (nSPS) is 58.6. The van der Waals surface area contributed by atoms with Crippen molar-refractivity contribution < 1.29 is 0 Å². The van der Waals surface area contributed by atoms with Crippen molar-refractivity contribution in [3.63, 3.8) is 0 Å². The maximum Gasteiger partial charge on any atom is -0.00120 e. The summed E-state index contributed by atoms with van der Waals surface area (Å²) in [4.78, 5) is 0. The van der Waals surface area contributed by atoms with Crippen LogP contribution in [0.15, 0.2) is 12.2 Å². The van der Waals surface area contributed by atoms with E-state index in [0.717, 1.165) is 48.6 Å². The minimum atomic E-state index is 0.320. The van der Waals surface area contributed by atoms with E-state index in [9.17, 15) is 0 Å². The molecule has 3 saturated carbocycles. The van der Waals surface area contributed by atoms with Crippen LogP contribution >= 0.6 is 0 Å². The van der Waals surface area contributed by atoms with Crippen molar-refractivity contribution in [1.29, 1.82) is 0 Å². The van der Waals surface area contributed by atoms with E-state index in [1.807, 2.05) is 0 Å². The summed E-state index contributed by atoms with van der Waals surface area (Å²) in [5.74, 6) is 5.29. The fourth-order valence-electron chi connectivity index (χ4n) is 7.77. The van der Waals surface area contributed by atoms with Crippen LogP contribution in [-0.2, 0) is 0 Å². The highest BCUT2D eigenvalue weighted by Crippen LogP contribution is 2.77. The molecule has 0 aliphatic heterocycles. The molecular weight excluding hydrogens is 244 g/mol. The lowest BCUT2D eigenvalue weighted by atomic mass is 9.48. The van der Waals surface area contributed by atoms with E-state index in [2.05, 4.69) is 26.0 Å². The molecule has 0 amide bonds. The standard InChI is InChI=1S/C18H30N2/c1-3-17(9-19)13-8-14(18(17,4-2)10-20)16-12-6-5-11(7-12)15(13)16/h5-6,11-16H,3-4,7-10,19-20H2,1-2H3. The Kier molecular flexibility index (Phi) is 2.74. The van der Waals surface area contributed by atoms with E-state index in [1.165, 1.54) is 25.7 Å². The Bertz CT molecular complexity index is 395. The van der Waals surface area contributed by atoms with Gasteiger partial charge < -0.3 is 11.5 Å². The molecule has 4 bridgehead atoms. The summed E-state index contributed by atoms with van der Waals surface area (Å²) in [6.07, 6.45) is 10.3. The molecule has 3 fully saturated rings. The molecule has 0 spiro atoms. The lowest BCUT2D eigenvalue weighted by molar-refractivity contribution is -0.0777. The fraction of sp³-hybridized carbons (Fsp3) is 0.889. The predicted molar refractivity (Wildman–Crippen MR) is 82.9 cm³/mol. The van der Waals surface area contributed by atoms with Gasteiger partial charge in [-0.1, -0.05) is 26.0 Å². The van der Waals surface area contributed by atoms with Gasteiger partial charge in [-0.15, -0.1) is 0 Å². The van der Waals surface area contributed by atoms with Crippen molar-refractivity contribution >= 4 is 0 Å². The molecular formula is C18H30N2. The van der Waals surface area contributed by atoms with E-state index in [1.54, 1.807) is 0 Å². The average molecular weight is 274 g/mol. The van der Waals surface area contributed by atoms with Crippen molar-refractivity contribution in [2.45, 2.75) is 39.5 Å². The van der Waals surface area contributed by atoms with Gasteiger partial charge in [0.05, 0.1) is 0 Å². The highest BCUT2D eigenvalue weighted by atomic mass is 14.8. The van der Waals surface area contributed by atoms with Gasteiger partial charge in [0.15, 0.2) is 0 Å².